The first-order valence-electron chi connectivity index (χ1n) is 11.0. The van der Waals surface area contributed by atoms with Crippen molar-refractivity contribution in [3.05, 3.63) is 59.7 Å². The van der Waals surface area contributed by atoms with Gasteiger partial charge >= 0.3 is 0 Å². The Morgan fingerprint density at radius 3 is 2.42 bits per heavy atom. The summed E-state index contributed by atoms with van der Waals surface area (Å²) in [5.41, 5.74) is 2.62. The van der Waals surface area contributed by atoms with Crippen molar-refractivity contribution in [2.45, 2.75) is 39.5 Å². The van der Waals surface area contributed by atoms with E-state index < -0.39 is 5.41 Å². The van der Waals surface area contributed by atoms with Crippen molar-refractivity contribution in [1.82, 2.24) is 5.32 Å². The van der Waals surface area contributed by atoms with Gasteiger partial charge in [-0.15, -0.1) is 11.6 Å². The van der Waals surface area contributed by atoms with Crippen molar-refractivity contribution in [1.29, 1.82) is 0 Å². The van der Waals surface area contributed by atoms with E-state index in [-0.39, 0.29) is 17.7 Å². The highest BCUT2D eigenvalue weighted by Gasteiger charge is 2.27. The van der Waals surface area contributed by atoms with Crippen LogP contribution in [-0.4, -0.2) is 37.3 Å². The van der Waals surface area contributed by atoms with E-state index in [2.05, 4.69) is 27.7 Å². The highest BCUT2D eigenvalue weighted by Crippen LogP contribution is 2.28. The van der Waals surface area contributed by atoms with Crippen LogP contribution in [0.15, 0.2) is 48.5 Å². The molecule has 166 valence electrons. The zero-order valence-electron chi connectivity index (χ0n) is 18.4. The van der Waals surface area contributed by atoms with E-state index in [0.717, 1.165) is 38.0 Å². The van der Waals surface area contributed by atoms with E-state index in [1.807, 2.05) is 30.3 Å². The van der Waals surface area contributed by atoms with Gasteiger partial charge in [0.25, 0.3) is 5.91 Å². The molecule has 2 aromatic carbocycles. The molecule has 0 bridgehead atoms. The second kappa shape index (κ2) is 10.7. The topological polar surface area (TPSA) is 61.4 Å². The summed E-state index contributed by atoms with van der Waals surface area (Å²) >= 11 is 5.94. The predicted molar refractivity (Wildman–Crippen MR) is 128 cm³/mol. The first-order valence-corrected chi connectivity index (χ1v) is 11.5. The van der Waals surface area contributed by atoms with Crippen molar-refractivity contribution < 1.29 is 9.59 Å². The van der Waals surface area contributed by atoms with Gasteiger partial charge in [0.15, 0.2) is 0 Å². The lowest BCUT2D eigenvalue weighted by molar-refractivity contribution is -0.122. The lowest BCUT2D eigenvalue weighted by Gasteiger charge is -2.30. The number of carbonyl (C=O) groups is 2. The summed E-state index contributed by atoms with van der Waals surface area (Å²) in [6.45, 7) is 6.03. The van der Waals surface area contributed by atoms with Gasteiger partial charge in [-0.1, -0.05) is 30.3 Å². The highest BCUT2D eigenvalue weighted by atomic mass is 35.5. The molecular weight excluding hydrogens is 410 g/mol. The van der Waals surface area contributed by atoms with Crippen molar-refractivity contribution in [3.8, 4) is 0 Å². The van der Waals surface area contributed by atoms with Gasteiger partial charge in [-0.3, -0.25) is 9.59 Å². The van der Waals surface area contributed by atoms with Crippen LogP contribution in [0.25, 0.3) is 0 Å². The molecular formula is C25H32ClN3O2. The first kappa shape index (κ1) is 23.1. The lowest BCUT2D eigenvalue weighted by atomic mass is 9.95. The van der Waals surface area contributed by atoms with Crippen LogP contribution in [-0.2, 0) is 11.2 Å². The van der Waals surface area contributed by atoms with Crippen molar-refractivity contribution in [3.63, 3.8) is 0 Å². The molecule has 1 saturated heterocycles. The van der Waals surface area contributed by atoms with Crippen LogP contribution in [0.1, 0.15) is 49.0 Å². The second-order valence-electron chi connectivity index (χ2n) is 8.74. The Balaban J connectivity index is 1.77. The largest absolute Gasteiger partial charge is 0.371 e. The predicted octanol–water partition coefficient (Wildman–Crippen LogP) is 4.85. The molecule has 6 heteroatoms. The average molecular weight is 442 g/mol. The van der Waals surface area contributed by atoms with Crippen LogP contribution in [0, 0.1) is 5.41 Å². The molecule has 0 spiro atoms. The molecule has 0 unspecified atom stereocenters. The summed E-state index contributed by atoms with van der Waals surface area (Å²) in [5.74, 6) is -0.0646. The lowest BCUT2D eigenvalue weighted by Crippen LogP contribution is -2.34. The fourth-order valence-corrected chi connectivity index (χ4v) is 3.75. The summed E-state index contributed by atoms with van der Waals surface area (Å²) in [4.78, 5) is 27.9. The van der Waals surface area contributed by atoms with Crippen LogP contribution >= 0.6 is 11.6 Å². The van der Waals surface area contributed by atoms with Gasteiger partial charge < -0.3 is 15.5 Å². The zero-order chi connectivity index (χ0) is 22.3. The Bertz CT molecular complexity index is 893. The number of anilines is 2. The maximum absolute atomic E-state index is 13.1. The summed E-state index contributed by atoms with van der Waals surface area (Å²) in [6, 6.07) is 15.7. The molecule has 0 aromatic heterocycles. The number of benzene rings is 2. The van der Waals surface area contributed by atoms with Crippen LogP contribution < -0.4 is 15.5 Å². The Kier molecular flexibility index (Phi) is 7.97. The van der Waals surface area contributed by atoms with Gasteiger partial charge in [-0.25, -0.2) is 0 Å². The van der Waals surface area contributed by atoms with Crippen molar-refractivity contribution in [2.24, 2.45) is 5.41 Å². The third kappa shape index (κ3) is 6.23. The van der Waals surface area contributed by atoms with Gasteiger partial charge in [0, 0.05) is 36.9 Å². The number of rotatable bonds is 8. The number of nitrogens with zero attached hydrogens (tertiary/aromatic N) is 1. The van der Waals surface area contributed by atoms with E-state index in [1.54, 1.807) is 19.9 Å². The second-order valence-corrected chi connectivity index (χ2v) is 9.01. The van der Waals surface area contributed by atoms with Gasteiger partial charge in [0.1, 0.15) is 0 Å². The van der Waals surface area contributed by atoms with E-state index >= 15 is 0 Å². The number of piperidine rings is 1. The Hall–Kier alpha value is -2.53. The molecule has 3 rings (SSSR count). The van der Waals surface area contributed by atoms with Gasteiger partial charge in [0.05, 0.1) is 11.0 Å². The summed E-state index contributed by atoms with van der Waals surface area (Å²) in [7, 11) is 0. The minimum atomic E-state index is -0.689. The molecule has 0 aliphatic carbocycles. The van der Waals surface area contributed by atoms with Crippen molar-refractivity contribution >= 4 is 34.8 Å². The standard InChI is InChI=1S/C25H32ClN3O2/c1-25(2,18-26)24(31)28-20-11-12-22(29-15-7-4-8-16-29)21(17-20)23(30)27-14-13-19-9-5-3-6-10-19/h3,5-6,9-12,17H,4,7-8,13-16,18H2,1-2H3,(H,27,30)(H,28,31). The molecule has 2 aromatic rings. The van der Waals surface area contributed by atoms with Crippen LogP contribution in [0.3, 0.4) is 0 Å². The molecule has 5 nitrogen and oxygen atoms in total. The fourth-order valence-electron chi connectivity index (χ4n) is 3.63. The molecule has 0 saturated carbocycles. The summed E-state index contributed by atoms with van der Waals surface area (Å²) in [6.07, 6.45) is 4.23. The fraction of sp³-hybridized carbons (Fsp3) is 0.440. The van der Waals surface area contributed by atoms with Gasteiger partial charge in [0.2, 0.25) is 5.91 Å². The van der Waals surface area contributed by atoms with E-state index in [4.69, 9.17) is 11.6 Å². The Labute approximate surface area is 190 Å². The smallest absolute Gasteiger partial charge is 0.253 e. The van der Waals surface area contributed by atoms with Crippen LogP contribution in [0.5, 0.6) is 0 Å². The number of alkyl halides is 1. The minimum absolute atomic E-state index is 0.121. The number of halogens is 1. The first-order chi connectivity index (χ1) is 14.9. The minimum Gasteiger partial charge on any atom is -0.371 e. The van der Waals surface area contributed by atoms with Crippen LogP contribution in [0.2, 0.25) is 0 Å². The molecule has 1 aliphatic heterocycles. The molecule has 0 radical (unpaired) electrons. The average Bonchev–Trinajstić information content (AvgIpc) is 2.80. The quantitative estimate of drug-likeness (QED) is 0.575. The van der Waals surface area contributed by atoms with Crippen molar-refractivity contribution in [2.75, 3.05) is 35.7 Å². The van der Waals surface area contributed by atoms with Gasteiger partial charge in [-0.2, -0.15) is 0 Å². The monoisotopic (exact) mass is 441 g/mol. The Morgan fingerprint density at radius 1 is 1.03 bits per heavy atom. The van der Waals surface area contributed by atoms with Gasteiger partial charge in [-0.05, 0) is 63.3 Å². The third-order valence-corrected chi connectivity index (χ3v) is 6.35. The number of carbonyl (C=O) groups excluding carboxylic acids is 2. The summed E-state index contributed by atoms with van der Waals surface area (Å²) in [5, 5.41) is 5.97. The summed E-state index contributed by atoms with van der Waals surface area (Å²) < 4.78 is 0. The van der Waals surface area contributed by atoms with E-state index in [0.29, 0.717) is 17.8 Å². The number of amides is 2. The van der Waals surface area contributed by atoms with E-state index in [9.17, 15) is 9.59 Å². The maximum Gasteiger partial charge on any atom is 0.253 e. The highest BCUT2D eigenvalue weighted by molar-refractivity contribution is 6.20. The number of nitrogens with one attached hydrogen (secondary N) is 2. The van der Waals surface area contributed by atoms with Crippen LogP contribution in [0.4, 0.5) is 11.4 Å². The Morgan fingerprint density at radius 2 is 1.74 bits per heavy atom. The maximum atomic E-state index is 13.1. The van der Waals surface area contributed by atoms with E-state index in [1.165, 1.54) is 12.0 Å². The molecule has 1 aliphatic rings. The molecule has 1 heterocycles. The zero-order valence-corrected chi connectivity index (χ0v) is 19.2. The number of hydrogen-bond acceptors (Lipinski definition) is 3. The normalized spacial score (nSPS) is 14.2. The SMILES string of the molecule is CC(C)(CCl)C(=O)Nc1ccc(N2CCCCC2)c(C(=O)NCCc2ccccc2)c1. The molecule has 2 amide bonds. The molecule has 31 heavy (non-hydrogen) atoms. The molecule has 0 atom stereocenters. The third-order valence-electron chi connectivity index (χ3n) is 5.69. The molecule has 2 N–H and O–H groups in total. The molecule has 1 fully saturated rings. The number of hydrogen-bond donors (Lipinski definition) is 2.